The Bertz CT molecular complexity index is 138. The van der Waals surface area contributed by atoms with Crippen molar-refractivity contribution < 1.29 is 4.74 Å². The second-order valence-corrected chi connectivity index (χ2v) is 4.95. The van der Waals surface area contributed by atoms with Crippen molar-refractivity contribution in [3.63, 3.8) is 0 Å². The van der Waals surface area contributed by atoms with Gasteiger partial charge in [-0.3, -0.25) is 4.90 Å². The maximum atomic E-state index is 5.58. The summed E-state index contributed by atoms with van der Waals surface area (Å²) in [4.78, 5) is 2.38. The average Bonchev–Trinajstić information content (AvgIpc) is 2.11. The monoisotopic (exact) mass is 216 g/mol. The van der Waals surface area contributed by atoms with Crippen molar-refractivity contribution in [3.05, 3.63) is 0 Å². The van der Waals surface area contributed by atoms with E-state index in [0.717, 1.165) is 39.4 Å². The van der Waals surface area contributed by atoms with Crippen LogP contribution in [0.15, 0.2) is 0 Å². The molecule has 3 nitrogen and oxygen atoms in total. The molecule has 2 N–H and O–H groups in total. The molecule has 0 radical (unpaired) electrons. The predicted octanol–water partition coefficient (Wildman–Crippen LogP) is 1.58. The first-order valence-electron chi connectivity index (χ1n) is 6.06. The van der Waals surface area contributed by atoms with E-state index in [1.54, 1.807) is 0 Å². The van der Waals surface area contributed by atoms with Crippen LogP contribution in [0.2, 0.25) is 0 Å². The van der Waals surface area contributed by atoms with Crippen molar-refractivity contribution in [1.82, 2.24) is 4.90 Å². The van der Waals surface area contributed by atoms with Gasteiger partial charge in [-0.15, -0.1) is 0 Å². The number of nitrogens with zero attached hydrogens (tertiary/aromatic N) is 1. The Kier molecular flexibility index (Phi) is 9.06. The highest BCUT2D eigenvalue weighted by Gasteiger charge is 2.06. The average molecular weight is 216 g/mol. The van der Waals surface area contributed by atoms with Gasteiger partial charge in [0.1, 0.15) is 0 Å². The molecule has 92 valence electrons. The van der Waals surface area contributed by atoms with Crippen LogP contribution in [-0.2, 0) is 4.74 Å². The molecule has 0 aliphatic heterocycles. The van der Waals surface area contributed by atoms with E-state index in [1.165, 1.54) is 0 Å². The molecule has 0 fully saturated rings. The molecule has 0 amide bonds. The molecule has 0 aliphatic rings. The van der Waals surface area contributed by atoms with Gasteiger partial charge in [0.05, 0.1) is 6.61 Å². The van der Waals surface area contributed by atoms with E-state index in [0.29, 0.717) is 11.8 Å². The maximum Gasteiger partial charge on any atom is 0.0593 e. The van der Waals surface area contributed by atoms with Gasteiger partial charge >= 0.3 is 0 Å². The Morgan fingerprint density at radius 3 is 2.20 bits per heavy atom. The molecular weight excluding hydrogens is 188 g/mol. The number of hydrogen-bond donors (Lipinski definition) is 1. The van der Waals surface area contributed by atoms with E-state index >= 15 is 0 Å². The van der Waals surface area contributed by atoms with Crippen molar-refractivity contribution in [2.24, 2.45) is 17.6 Å². The fourth-order valence-corrected chi connectivity index (χ4v) is 1.51. The molecule has 0 atom stereocenters. The van der Waals surface area contributed by atoms with E-state index in [1.807, 2.05) is 0 Å². The highest BCUT2D eigenvalue weighted by atomic mass is 16.5. The lowest BCUT2D eigenvalue weighted by Crippen LogP contribution is -2.35. The highest BCUT2D eigenvalue weighted by molar-refractivity contribution is 4.60. The molecule has 0 aromatic rings. The summed E-state index contributed by atoms with van der Waals surface area (Å²) < 4.78 is 5.57. The normalized spacial score (nSPS) is 12.0. The van der Waals surface area contributed by atoms with Crippen molar-refractivity contribution in [2.75, 3.05) is 39.4 Å². The van der Waals surface area contributed by atoms with Gasteiger partial charge in [0.15, 0.2) is 0 Å². The van der Waals surface area contributed by atoms with Crippen molar-refractivity contribution in [3.8, 4) is 0 Å². The molecule has 0 aliphatic carbocycles. The summed E-state index contributed by atoms with van der Waals surface area (Å²) in [7, 11) is 0. The molecule has 0 aromatic carbocycles. The molecule has 0 unspecified atom stereocenters. The zero-order chi connectivity index (χ0) is 11.7. The SMILES string of the molecule is CC(C)COCCN(CCN)CC(C)C. The number of ether oxygens (including phenoxy) is 1. The largest absolute Gasteiger partial charge is 0.380 e. The summed E-state index contributed by atoms with van der Waals surface area (Å²) in [6.07, 6.45) is 0. The van der Waals surface area contributed by atoms with Crippen LogP contribution in [0.4, 0.5) is 0 Å². The molecule has 0 bridgehead atoms. The van der Waals surface area contributed by atoms with Crippen LogP contribution in [-0.4, -0.2) is 44.3 Å². The molecule has 0 rings (SSSR count). The molecule has 0 saturated carbocycles. The minimum absolute atomic E-state index is 0.623. The smallest absolute Gasteiger partial charge is 0.0593 e. The van der Waals surface area contributed by atoms with Crippen molar-refractivity contribution in [1.29, 1.82) is 0 Å². The van der Waals surface area contributed by atoms with E-state index in [4.69, 9.17) is 10.5 Å². The highest BCUT2D eigenvalue weighted by Crippen LogP contribution is 1.98. The summed E-state index contributed by atoms with van der Waals surface area (Å²) in [6.45, 7) is 14.3. The number of hydrogen-bond acceptors (Lipinski definition) is 3. The van der Waals surface area contributed by atoms with Gasteiger partial charge in [0.2, 0.25) is 0 Å². The summed E-state index contributed by atoms with van der Waals surface area (Å²) in [5.41, 5.74) is 5.58. The summed E-state index contributed by atoms with van der Waals surface area (Å²) >= 11 is 0. The van der Waals surface area contributed by atoms with Gasteiger partial charge in [-0.1, -0.05) is 27.7 Å². The van der Waals surface area contributed by atoms with Gasteiger partial charge in [-0.25, -0.2) is 0 Å². The lowest BCUT2D eigenvalue weighted by atomic mass is 10.2. The van der Waals surface area contributed by atoms with Gasteiger partial charge < -0.3 is 10.5 Å². The Balaban J connectivity index is 3.56. The van der Waals surface area contributed by atoms with E-state index in [9.17, 15) is 0 Å². The molecule has 0 saturated heterocycles. The first-order valence-corrected chi connectivity index (χ1v) is 6.06. The fraction of sp³-hybridized carbons (Fsp3) is 1.00. The Morgan fingerprint density at radius 1 is 1.07 bits per heavy atom. The third-order valence-electron chi connectivity index (χ3n) is 2.07. The second-order valence-electron chi connectivity index (χ2n) is 4.95. The molecule has 0 heterocycles. The Hall–Kier alpha value is -0.120. The minimum atomic E-state index is 0.623. The van der Waals surface area contributed by atoms with E-state index < -0.39 is 0 Å². The third kappa shape index (κ3) is 10.2. The summed E-state index contributed by atoms with van der Waals surface area (Å²) in [6, 6.07) is 0. The first-order chi connectivity index (χ1) is 7.06. The van der Waals surface area contributed by atoms with E-state index in [2.05, 4.69) is 32.6 Å². The lowest BCUT2D eigenvalue weighted by Gasteiger charge is -2.23. The number of nitrogens with two attached hydrogens (primary N) is 1. The fourth-order valence-electron chi connectivity index (χ4n) is 1.51. The molecule has 0 aromatic heterocycles. The molecular formula is C12H28N2O. The van der Waals surface area contributed by atoms with Gasteiger partial charge in [-0.2, -0.15) is 0 Å². The Labute approximate surface area is 95.0 Å². The predicted molar refractivity (Wildman–Crippen MR) is 66.0 cm³/mol. The van der Waals surface area contributed by atoms with Crippen LogP contribution in [0.5, 0.6) is 0 Å². The summed E-state index contributed by atoms with van der Waals surface area (Å²) in [5.74, 6) is 1.32. The van der Waals surface area contributed by atoms with Crippen molar-refractivity contribution >= 4 is 0 Å². The zero-order valence-corrected chi connectivity index (χ0v) is 10.8. The summed E-state index contributed by atoms with van der Waals surface area (Å²) in [5, 5.41) is 0. The van der Waals surface area contributed by atoms with Crippen LogP contribution in [0.25, 0.3) is 0 Å². The van der Waals surface area contributed by atoms with Crippen LogP contribution in [0, 0.1) is 11.8 Å². The quantitative estimate of drug-likeness (QED) is 0.595. The first kappa shape index (κ1) is 14.9. The Morgan fingerprint density at radius 2 is 1.73 bits per heavy atom. The van der Waals surface area contributed by atoms with Gasteiger partial charge in [0.25, 0.3) is 0 Å². The van der Waals surface area contributed by atoms with Crippen LogP contribution in [0.1, 0.15) is 27.7 Å². The van der Waals surface area contributed by atoms with Crippen LogP contribution < -0.4 is 5.73 Å². The standard InChI is InChI=1S/C12H28N2O/c1-11(2)9-14(6-5-13)7-8-15-10-12(3)4/h11-12H,5-10,13H2,1-4H3. The topological polar surface area (TPSA) is 38.5 Å². The molecule has 3 heteroatoms. The van der Waals surface area contributed by atoms with E-state index in [-0.39, 0.29) is 0 Å². The minimum Gasteiger partial charge on any atom is -0.380 e. The van der Waals surface area contributed by atoms with Crippen LogP contribution >= 0.6 is 0 Å². The molecule has 0 spiro atoms. The van der Waals surface area contributed by atoms with Crippen molar-refractivity contribution in [2.45, 2.75) is 27.7 Å². The maximum absolute atomic E-state index is 5.58. The second kappa shape index (κ2) is 9.13. The van der Waals surface area contributed by atoms with Gasteiger partial charge in [0, 0.05) is 32.8 Å². The molecule has 15 heavy (non-hydrogen) atoms. The lowest BCUT2D eigenvalue weighted by molar-refractivity contribution is 0.0830. The van der Waals surface area contributed by atoms with Gasteiger partial charge in [-0.05, 0) is 11.8 Å². The third-order valence-corrected chi connectivity index (χ3v) is 2.07. The van der Waals surface area contributed by atoms with Crippen LogP contribution in [0.3, 0.4) is 0 Å². The number of rotatable bonds is 9. The zero-order valence-electron chi connectivity index (χ0n) is 10.8.